The Balaban J connectivity index is 1.70. The zero-order valence-corrected chi connectivity index (χ0v) is 16.2. The van der Waals surface area contributed by atoms with E-state index >= 15 is 0 Å². The summed E-state index contributed by atoms with van der Waals surface area (Å²) < 4.78 is 12.1. The average Bonchev–Trinajstić information content (AvgIpc) is 2.68. The van der Waals surface area contributed by atoms with Gasteiger partial charge in [-0.2, -0.15) is 0 Å². The number of para-hydroxylation sites is 2. The zero-order chi connectivity index (χ0) is 18.3. The maximum Gasteiger partial charge on any atom is 0.241 e. The summed E-state index contributed by atoms with van der Waals surface area (Å²) in [5.41, 5.74) is 0. The van der Waals surface area contributed by atoms with Crippen molar-refractivity contribution in [2.75, 3.05) is 0 Å². The van der Waals surface area contributed by atoms with Gasteiger partial charge in [0.05, 0.1) is 0 Å². The molecule has 2 heteroatoms. The molecular formula is C24H34O2. The Hall–Kier alpha value is -1.96. The van der Waals surface area contributed by atoms with Crippen molar-refractivity contribution < 1.29 is 9.47 Å². The molecule has 0 unspecified atom stereocenters. The molecule has 0 saturated carbocycles. The normalized spacial score (nSPS) is 10.8. The first kappa shape index (κ1) is 20.4. The van der Waals surface area contributed by atoms with Crippen LogP contribution < -0.4 is 9.47 Å². The molecule has 26 heavy (non-hydrogen) atoms. The molecule has 0 bridgehead atoms. The van der Waals surface area contributed by atoms with E-state index in [1.54, 1.807) is 0 Å². The Kier molecular flexibility index (Phi) is 10.4. The number of benzene rings is 2. The van der Waals surface area contributed by atoms with Gasteiger partial charge in [0.15, 0.2) is 0 Å². The summed E-state index contributed by atoms with van der Waals surface area (Å²) in [6, 6.07) is 19.9. The highest BCUT2D eigenvalue weighted by Gasteiger charge is 2.12. The Morgan fingerprint density at radius 2 is 1.00 bits per heavy atom. The summed E-state index contributed by atoms with van der Waals surface area (Å²) >= 11 is 0. The lowest BCUT2D eigenvalue weighted by Crippen LogP contribution is -2.23. The third-order valence-corrected chi connectivity index (χ3v) is 4.56. The predicted molar refractivity (Wildman–Crippen MR) is 110 cm³/mol. The van der Waals surface area contributed by atoms with Crippen LogP contribution in [0.4, 0.5) is 0 Å². The maximum absolute atomic E-state index is 6.07. The van der Waals surface area contributed by atoms with Gasteiger partial charge in [0.2, 0.25) is 6.29 Å². The molecular weight excluding hydrogens is 320 g/mol. The third kappa shape index (κ3) is 8.94. The van der Waals surface area contributed by atoms with Gasteiger partial charge in [0, 0.05) is 6.42 Å². The van der Waals surface area contributed by atoms with Crippen LogP contribution in [0.2, 0.25) is 0 Å². The highest BCUT2D eigenvalue weighted by Crippen LogP contribution is 2.19. The summed E-state index contributed by atoms with van der Waals surface area (Å²) in [6.45, 7) is 2.27. The molecule has 2 rings (SSSR count). The summed E-state index contributed by atoms with van der Waals surface area (Å²) in [5.74, 6) is 1.73. The quantitative estimate of drug-likeness (QED) is 0.260. The fourth-order valence-electron chi connectivity index (χ4n) is 3.07. The van der Waals surface area contributed by atoms with Gasteiger partial charge < -0.3 is 9.47 Å². The molecule has 0 saturated heterocycles. The molecule has 0 atom stereocenters. The topological polar surface area (TPSA) is 18.5 Å². The van der Waals surface area contributed by atoms with Crippen LogP contribution in [-0.2, 0) is 0 Å². The van der Waals surface area contributed by atoms with Gasteiger partial charge in [-0.3, -0.25) is 0 Å². The molecule has 142 valence electrons. The Labute approximate surface area is 159 Å². The van der Waals surface area contributed by atoms with E-state index in [4.69, 9.17) is 9.47 Å². The Morgan fingerprint density at radius 3 is 1.46 bits per heavy atom. The van der Waals surface area contributed by atoms with Crippen molar-refractivity contribution >= 4 is 0 Å². The van der Waals surface area contributed by atoms with Gasteiger partial charge in [0.25, 0.3) is 0 Å². The van der Waals surface area contributed by atoms with Gasteiger partial charge in [-0.15, -0.1) is 0 Å². The minimum absolute atomic E-state index is 0.232. The number of ether oxygens (including phenoxy) is 2. The standard InChI is InChI=1S/C24H34O2/c1-2-3-4-5-6-7-8-9-16-21-24(25-22-17-12-10-13-18-22)26-23-19-14-11-15-20-23/h10-15,17-20,24H,2-9,16,21H2,1H3. The summed E-state index contributed by atoms with van der Waals surface area (Å²) in [4.78, 5) is 0. The van der Waals surface area contributed by atoms with Crippen LogP contribution in [0.3, 0.4) is 0 Å². The van der Waals surface area contributed by atoms with E-state index in [-0.39, 0.29) is 6.29 Å². The summed E-state index contributed by atoms with van der Waals surface area (Å²) in [7, 11) is 0. The van der Waals surface area contributed by atoms with Crippen LogP contribution in [0.5, 0.6) is 11.5 Å². The molecule has 0 amide bonds. The van der Waals surface area contributed by atoms with Gasteiger partial charge in [-0.05, 0) is 30.7 Å². The SMILES string of the molecule is CCCCCCCCCCCC(Oc1ccccc1)Oc1ccccc1. The first-order valence-corrected chi connectivity index (χ1v) is 10.3. The van der Waals surface area contributed by atoms with E-state index in [1.165, 1.54) is 51.4 Å². The van der Waals surface area contributed by atoms with Crippen molar-refractivity contribution in [2.45, 2.75) is 77.4 Å². The molecule has 0 aromatic heterocycles. The lowest BCUT2D eigenvalue weighted by atomic mass is 10.1. The number of unbranched alkanes of at least 4 members (excludes halogenated alkanes) is 8. The second kappa shape index (κ2) is 13.3. The van der Waals surface area contributed by atoms with Gasteiger partial charge in [-0.1, -0.05) is 94.7 Å². The number of hydrogen-bond donors (Lipinski definition) is 0. The second-order valence-corrected chi connectivity index (χ2v) is 6.91. The minimum Gasteiger partial charge on any atom is -0.455 e. The van der Waals surface area contributed by atoms with Crippen LogP contribution in [0.15, 0.2) is 60.7 Å². The molecule has 2 nitrogen and oxygen atoms in total. The first-order chi connectivity index (χ1) is 12.9. The average molecular weight is 355 g/mol. The van der Waals surface area contributed by atoms with Crippen molar-refractivity contribution in [3.63, 3.8) is 0 Å². The highest BCUT2D eigenvalue weighted by molar-refractivity contribution is 5.23. The van der Waals surface area contributed by atoms with Crippen molar-refractivity contribution in [2.24, 2.45) is 0 Å². The minimum atomic E-state index is -0.232. The Morgan fingerprint density at radius 1 is 0.577 bits per heavy atom. The summed E-state index contributed by atoms with van der Waals surface area (Å²) in [6.07, 6.45) is 12.6. The molecule has 0 aliphatic carbocycles. The first-order valence-electron chi connectivity index (χ1n) is 10.3. The van der Waals surface area contributed by atoms with Crippen molar-refractivity contribution in [3.05, 3.63) is 60.7 Å². The number of rotatable bonds is 14. The van der Waals surface area contributed by atoms with E-state index in [0.717, 1.165) is 24.3 Å². The maximum atomic E-state index is 6.07. The van der Waals surface area contributed by atoms with Crippen molar-refractivity contribution in [1.82, 2.24) is 0 Å². The van der Waals surface area contributed by atoms with Gasteiger partial charge >= 0.3 is 0 Å². The molecule has 0 spiro atoms. The fraction of sp³-hybridized carbons (Fsp3) is 0.500. The predicted octanol–water partition coefficient (Wildman–Crippen LogP) is 7.39. The molecule has 0 aliphatic heterocycles. The van der Waals surface area contributed by atoms with Gasteiger partial charge in [0.1, 0.15) is 11.5 Å². The van der Waals surface area contributed by atoms with E-state index in [9.17, 15) is 0 Å². The van der Waals surface area contributed by atoms with Gasteiger partial charge in [-0.25, -0.2) is 0 Å². The lowest BCUT2D eigenvalue weighted by molar-refractivity contribution is -0.00245. The molecule has 0 fully saturated rings. The zero-order valence-electron chi connectivity index (χ0n) is 16.2. The Bertz CT molecular complexity index is 511. The van der Waals surface area contributed by atoms with Crippen LogP contribution >= 0.6 is 0 Å². The monoisotopic (exact) mass is 354 g/mol. The number of hydrogen-bond acceptors (Lipinski definition) is 2. The van der Waals surface area contributed by atoms with E-state index < -0.39 is 0 Å². The van der Waals surface area contributed by atoms with Crippen LogP contribution in [0.1, 0.15) is 71.1 Å². The third-order valence-electron chi connectivity index (χ3n) is 4.56. The molecule has 2 aromatic rings. The van der Waals surface area contributed by atoms with Crippen LogP contribution in [0.25, 0.3) is 0 Å². The van der Waals surface area contributed by atoms with E-state index in [2.05, 4.69) is 6.92 Å². The molecule has 2 aromatic carbocycles. The lowest BCUT2D eigenvalue weighted by Gasteiger charge is -2.20. The van der Waals surface area contributed by atoms with E-state index in [0.29, 0.717) is 0 Å². The molecule has 0 radical (unpaired) electrons. The van der Waals surface area contributed by atoms with Crippen molar-refractivity contribution in [1.29, 1.82) is 0 Å². The summed E-state index contributed by atoms with van der Waals surface area (Å²) in [5, 5.41) is 0. The smallest absolute Gasteiger partial charge is 0.241 e. The largest absolute Gasteiger partial charge is 0.455 e. The molecule has 0 aliphatic rings. The van der Waals surface area contributed by atoms with E-state index in [1.807, 2.05) is 60.7 Å². The van der Waals surface area contributed by atoms with Crippen molar-refractivity contribution in [3.8, 4) is 11.5 Å². The molecule has 0 N–H and O–H groups in total. The molecule has 0 heterocycles. The second-order valence-electron chi connectivity index (χ2n) is 6.91. The fourth-order valence-corrected chi connectivity index (χ4v) is 3.07. The van der Waals surface area contributed by atoms with Crippen LogP contribution in [0, 0.1) is 0 Å². The highest BCUT2D eigenvalue weighted by atomic mass is 16.7. The van der Waals surface area contributed by atoms with Crippen LogP contribution in [-0.4, -0.2) is 6.29 Å².